The summed E-state index contributed by atoms with van der Waals surface area (Å²) in [7, 11) is 1.15. The van der Waals surface area contributed by atoms with E-state index >= 15 is 0 Å². The van der Waals surface area contributed by atoms with Crippen molar-refractivity contribution in [3.8, 4) is 0 Å². The second-order valence-corrected chi connectivity index (χ2v) is 6.60. The van der Waals surface area contributed by atoms with Gasteiger partial charge < -0.3 is 21.5 Å². The lowest BCUT2D eigenvalue weighted by Crippen LogP contribution is -2.25. The maximum atomic E-state index is 13.0. The van der Waals surface area contributed by atoms with Crippen molar-refractivity contribution >= 4 is 33.5 Å². The third-order valence-corrected chi connectivity index (χ3v) is 4.62. The van der Waals surface area contributed by atoms with Gasteiger partial charge in [0.25, 0.3) is 5.91 Å². The summed E-state index contributed by atoms with van der Waals surface area (Å²) in [5.41, 5.74) is 11.2. The number of nitrogens with one attached hydrogen (secondary N) is 1. The topological polar surface area (TPSA) is 120 Å². The Bertz CT molecular complexity index is 962. The van der Waals surface area contributed by atoms with Crippen LogP contribution in [-0.2, 0) is 15.7 Å². The van der Waals surface area contributed by atoms with E-state index in [0.29, 0.717) is 5.56 Å². The molecule has 2 aromatic rings. The van der Waals surface area contributed by atoms with Crippen molar-refractivity contribution in [3.05, 3.63) is 70.7 Å². The standard InChI is InChI=1S/C19H18BrF3N4O3/c1-30-18(29)15(16(24)10-5-6-13(17(25)28)26-9-10)14(8-20)27-12-4-2-3-11(7-12)19(21,22)23/h2-7,9,16,27H,8,24H2,1H3,(H2,25,28)/b15-14+/t16-/m1/s1. The molecule has 7 nitrogen and oxygen atoms in total. The van der Waals surface area contributed by atoms with Crippen LogP contribution in [0.15, 0.2) is 53.9 Å². The molecule has 5 N–H and O–H groups in total. The van der Waals surface area contributed by atoms with Crippen LogP contribution < -0.4 is 16.8 Å². The first-order valence-electron chi connectivity index (χ1n) is 8.41. The minimum atomic E-state index is -4.52. The van der Waals surface area contributed by atoms with Crippen LogP contribution in [0.4, 0.5) is 18.9 Å². The number of halogens is 4. The average Bonchev–Trinajstić information content (AvgIpc) is 2.72. The van der Waals surface area contributed by atoms with Crippen molar-refractivity contribution in [2.75, 3.05) is 17.8 Å². The van der Waals surface area contributed by atoms with Crippen LogP contribution in [0, 0.1) is 0 Å². The van der Waals surface area contributed by atoms with Crippen LogP contribution in [-0.4, -0.2) is 29.3 Å². The van der Waals surface area contributed by atoms with Crippen molar-refractivity contribution < 1.29 is 27.5 Å². The van der Waals surface area contributed by atoms with Gasteiger partial charge in [0, 0.05) is 22.9 Å². The quantitative estimate of drug-likeness (QED) is 0.314. The molecule has 1 heterocycles. The summed E-state index contributed by atoms with van der Waals surface area (Å²) in [5.74, 6) is -1.51. The van der Waals surface area contributed by atoms with Gasteiger partial charge >= 0.3 is 12.1 Å². The molecule has 0 aliphatic rings. The first kappa shape index (κ1) is 23.4. The van der Waals surface area contributed by atoms with E-state index in [1.54, 1.807) is 0 Å². The number of anilines is 1. The molecule has 0 bridgehead atoms. The number of pyridine rings is 1. The van der Waals surface area contributed by atoms with E-state index < -0.39 is 29.7 Å². The number of carbonyl (C=O) groups is 2. The number of alkyl halides is 4. The Morgan fingerprint density at radius 1 is 1.27 bits per heavy atom. The van der Waals surface area contributed by atoms with Crippen molar-refractivity contribution in [1.82, 2.24) is 4.98 Å². The summed E-state index contributed by atoms with van der Waals surface area (Å²) in [6, 6.07) is 6.27. The van der Waals surface area contributed by atoms with Gasteiger partial charge in [-0.15, -0.1) is 0 Å². The number of aromatic nitrogens is 1. The van der Waals surface area contributed by atoms with E-state index in [1.165, 1.54) is 30.5 Å². The zero-order chi connectivity index (χ0) is 22.5. The highest BCUT2D eigenvalue weighted by molar-refractivity contribution is 9.09. The monoisotopic (exact) mass is 486 g/mol. The van der Waals surface area contributed by atoms with E-state index in [2.05, 4.69) is 26.2 Å². The molecule has 0 spiro atoms. The molecule has 1 amide bonds. The van der Waals surface area contributed by atoms with Gasteiger partial charge in [-0.3, -0.25) is 9.78 Å². The van der Waals surface area contributed by atoms with Gasteiger partial charge in [0.15, 0.2) is 0 Å². The number of ether oxygens (including phenoxy) is 1. The summed E-state index contributed by atoms with van der Waals surface area (Å²) < 4.78 is 43.8. The molecule has 2 rings (SSSR count). The Morgan fingerprint density at radius 2 is 1.97 bits per heavy atom. The molecule has 0 radical (unpaired) electrons. The summed E-state index contributed by atoms with van der Waals surface area (Å²) in [6.45, 7) is 0. The number of nitrogens with zero attached hydrogens (tertiary/aromatic N) is 1. The average molecular weight is 487 g/mol. The van der Waals surface area contributed by atoms with Crippen LogP contribution in [0.5, 0.6) is 0 Å². The Labute approximate surface area is 178 Å². The predicted molar refractivity (Wildman–Crippen MR) is 108 cm³/mol. The number of hydrogen-bond acceptors (Lipinski definition) is 6. The molecule has 1 atom stereocenters. The zero-order valence-corrected chi connectivity index (χ0v) is 17.3. The Hall–Kier alpha value is -2.92. The maximum absolute atomic E-state index is 13.0. The van der Waals surface area contributed by atoms with Crippen LogP contribution in [0.25, 0.3) is 0 Å². The molecule has 0 unspecified atom stereocenters. The number of benzene rings is 1. The fourth-order valence-corrected chi connectivity index (χ4v) is 3.01. The normalized spacial score (nSPS) is 13.3. The zero-order valence-electron chi connectivity index (χ0n) is 15.7. The maximum Gasteiger partial charge on any atom is 0.416 e. The minimum absolute atomic E-state index is 0.0114. The Kier molecular flexibility index (Phi) is 7.57. The number of rotatable bonds is 7. The van der Waals surface area contributed by atoms with E-state index in [1.807, 2.05) is 0 Å². The third kappa shape index (κ3) is 5.57. The van der Waals surface area contributed by atoms with Crippen LogP contribution in [0.1, 0.15) is 27.7 Å². The number of hydrogen-bond donors (Lipinski definition) is 3. The number of nitrogens with two attached hydrogens (primary N) is 2. The highest BCUT2D eigenvalue weighted by atomic mass is 79.9. The molecular formula is C19H18BrF3N4O3. The summed E-state index contributed by atoms with van der Waals surface area (Å²) in [4.78, 5) is 27.5. The van der Waals surface area contributed by atoms with E-state index in [4.69, 9.17) is 16.2 Å². The molecule has 0 saturated heterocycles. The largest absolute Gasteiger partial charge is 0.466 e. The van der Waals surface area contributed by atoms with Gasteiger partial charge in [-0.2, -0.15) is 13.2 Å². The van der Waals surface area contributed by atoms with Gasteiger partial charge in [-0.1, -0.05) is 28.1 Å². The number of esters is 1. The van der Waals surface area contributed by atoms with Gasteiger partial charge in [0.2, 0.25) is 0 Å². The lowest BCUT2D eigenvalue weighted by molar-refractivity contribution is -0.138. The fourth-order valence-electron chi connectivity index (χ4n) is 2.57. The first-order chi connectivity index (χ1) is 14.1. The van der Waals surface area contributed by atoms with Gasteiger partial charge in [-0.25, -0.2) is 4.79 Å². The Balaban J connectivity index is 2.47. The molecule has 0 aliphatic carbocycles. The van der Waals surface area contributed by atoms with Gasteiger partial charge in [0.05, 0.1) is 24.3 Å². The summed E-state index contributed by atoms with van der Waals surface area (Å²) in [5, 5.41) is 2.86. The van der Waals surface area contributed by atoms with Crippen LogP contribution in [0.3, 0.4) is 0 Å². The molecule has 160 valence electrons. The van der Waals surface area contributed by atoms with Crippen molar-refractivity contribution in [2.45, 2.75) is 12.2 Å². The van der Waals surface area contributed by atoms with Crippen molar-refractivity contribution in [1.29, 1.82) is 0 Å². The SMILES string of the molecule is COC(=O)/C(=C(\CBr)Nc1cccc(C(F)(F)F)c1)[C@H](N)c1ccc(C(N)=O)nc1. The molecule has 0 saturated carbocycles. The second-order valence-electron chi connectivity index (χ2n) is 6.04. The van der Waals surface area contributed by atoms with E-state index in [0.717, 1.165) is 19.2 Å². The van der Waals surface area contributed by atoms with Gasteiger partial charge in [0.1, 0.15) is 5.69 Å². The molecule has 0 fully saturated rings. The molecular weight excluding hydrogens is 469 g/mol. The lowest BCUT2D eigenvalue weighted by atomic mass is 9.98. The van der Waals surface area contributed by atoms with Crippen LogP contribution >= 0.6 is 15.9 Å². The van der Waals surface area contributed by atoms with E-state index in [-0.39, 0.29) is 28.0 Å². The number of methoxy groups -OCH3 is 1. The molecule has 30 heavy (non-hydrogen) atoms. The van der Waals surface area contributed by atoms with E-state index in [9.17, 15) is 22.8 Å². The number of allylic oxidation sites excluding steroid dienone is 1. The molecule has 1 aromatic heterocycles. The number of carbonyl (C=O) groups excluding carboxylic acids is 2. The van der Waals surface area contributed by atoms with Gasteiger partial charge in [-0.05, 0) is 29.8 Å². The fraction of sp³-hybridized carbons (Fsp3) is 0.211. The molecule has 11 heteroatoms. The summed E-state index contributed by atoms with van der Waals surface area (Å²) in [6.07, 6.45) is -3.24. The molecule has 1 aromatic carbocycles. The molecule has 0 aliphatic heterocycles. The number of primary amides is 1. The second kappa shape index (κ2) is 9.72. The predicted octanol–water partition coefficient (Wildman–Crippen LogP) is 3.13. The highest BCUT2D eigenvalue weighted by Gasteiger charge is 2.31. The smallest absolute Gasteiger partial charge is 0.416 e. The van der Waals surface area contributed by atoms with Crippen molar-refractivity contribution in [2.24, 2.45) is 11.5 Å². The Morgan fingerprint density at radius 3 is 2.47 bits per heavy atom. The van der Waals surface area contributed by atoms with Crippen LogP contribution in [0.2, 0.25) is 0 Å². The lowest BCUT2D eigenvalue weighted by Gasteiger charge is -2.20. The first-order valence-corrected chi connectivity index (χ1v) is 9.53. The number of amides is 1. The third-order valence-electron chi connectivity index (χ3n) is 4.06. The minimum Gasteiger partial charge on any atom is -0.466 e. The van der Waals surface area contributed by atoms with Crippen molar-refractivity contribution in [3.63, 3.8) is 0 Å². The summed E-state index contributed by atoms with van der Waals surface area (Å²) >= 11 is 3.22. The highest BCUT2D eigenvalue weighted by Crippen LogP contribution is 2.32.